The van der Waals surface area contributed by atoms with Crippen molar-refractivity contribution in [3.05, 3.63) is 54.2 Å². The van der Waals surface area contributed by atoms with Crippen LogP contribution >= 0.6 is 0 Å². The number of benzene rings is 1. The van der Waals surface area contributed by atoms with Crippen molar-refractivity contribution in [2.75, 3.05) is 13.1 Å². The Morgan fingerprint density at radius 3 is 2.75 bits per heavy atom. The Hall–Kier alpha value is -1.54. The fraction of sp³-hybridized carbons (Fsp3) is 0.286. The number of likely N-dealkylation sites (tertiary alicyclic amines) is 1. The van der Waals surface area contributed by atoms with Crippen LogP contribution in [0, 0.1) is 0 Å². The Morgan fingerprint density at radius 1 is 1.38 bits per heavy atom. The van der Waals surface area contributed by atoms with Crippen molar-refractivity contribution < 1.29 is 0 Å². The van der Waals surface area contributed by atoms with E-state index in [1.807, 2.05) is 18.2 Å². The van der Waals surface area contributed by atoms with Crippen LogP contribution in [0.3, 0.4) is 0 Å². The topological polar surface area (TPSA) is 29.3 Å². The quantitative estimate of drug-likeness (QED) is 0.782. The molecule has 1 aromatic carbocycles. The minimum Gasteiger partial charge on any atom is -0.370 e. The number of nitrogens with two attached hydrogens (primary N) is 1. The van der Waals surface area contributed by atoms with Crippen LogP contribution in [0.2, 0.25) is 0 Å². The summed E-state index contributed by atoms with van der Waals surface area (Å²) in [6.45, 7) is 6.03. The summed E-state index contributed by atoms with van der Waals surface area (Å²) in [5.41, 5.74) is 8.12. The zero-order valence-corrected chi connectivity index (χ0v) is 9.47. The number of allylic oxidation sites excluding steroid dienone is 1. The maximum atomic E-state index is 5.86. The normalized spacial score (nSPS) is 20.6. The van der Waals surface area contributed by atoms with E-state index in [2.05, 4.69) is 35.8 Å². The first-order valence-electron chi connectivity index (χ1n) is 5.68. The molecule has 1 aromatic rings. The Morgan fingerprint density at radius 2 is 2.12 bits per heavy atom. The van der Waals surface area contributed by atoms with Gasteiger partial charge in [-0.2, -0.15) is 0 Å². The van der Waals surface area contributed by atoms with E-state index in [9.17, 15) is 0 Å². The van der Waals surface area contributed by atoms with Crippen molar-refractivity contribution in [2.24, 2.45) is 5.73 Å². The molecule has 0 bridgehead atoms. The van der Waals surface area contributed by atoms with Crippen molar-refractivity contribution >= 4 is 6.08 Å². The summed E-state index contributed by atoms with van der Waals surface area (Å²) in [6, 6.07) is 10.6. The molecule has 0 aliphatic carbocycles. The van der Waals surface area contributed by atoms with Crippen LogP contribution in [0.1, 0.15) is 12.0 Å². The van der Waals surface area contributed by atoms with Crippen LogP contribution in [0.4, 0.5) is 0 Å². The summed E-state index contributed by atoms with van der Waals surface area (Å²) in [5, 5.41) is 0. The highest BCUT2D eigenvalue weighted by Crippen LogP contribution is 2.14. The van der Waals surface area contributed by atoms with Crippen molar-refractivity contribution in [3.8, 4) is 0 Å². The molecule has 2 rings (SSSR count). The molecule has 0 amide bonds. The van der Waals surface area contributed by atoms with Crippen molar-refractivity contribution in [1.82, 2.24) is 4.90 Å². The highest BCUT2D eigenvalue weighted by molar-refractivity contribution is 5.52. The van der Waals surface area contributed by atoms with E-state index < -0.39 is 0 Å². The van der Waals surface area contributed by atoms with E-state index in [4.69, 9.17) is 5.73 Å². The molecule has 84 valence electrons. The van der Waals surface area contributed by atoms with Crippen molar-refractivity contribution in [1.29, 1.82) is 0 Å². The third-order valence-electron chi connectivity index (χ3n) is 2.90. The molecule has 1 aliphatic heterocycles. The fourth-order valence-corrected chi connectivity index (χ4v) is 1.91. The summed E-state index contributed by atoms with van der Waals surface area (Å²) < 4.78 is 0. The Bertz CT molecular complexity index is 381. The van der Waals surface area contributed by atoms with Gasteiger partial charge in [0.1, 0.15) is 0 Å². The van der Waals surface area contributed by atoms with Gasteiger partial charge >= 0.3 is 0 Å². The molecule has 1 fully saturated rings. The minimum absolute atomic E-state index is 0.307. The molecular formula is C14H18N2. The first kappa shape index (κ1) is 11.0. The second-order valence-corrected chi connectivity index (χ2v) is 4.23. The van der Waals surface area contributed by atoms with E-state index in [0.717, 1.165) is 25.2 Å². The predicted octanol–water partition coefficient (Wildman–Crippen LogP) is 2.25. The lowest BCUT2D eigenvalue weighted by Gasteiger charge is -2.17. The van der Waals surface area contributed by atoms with Crippen LogP contribution in [0.15, 0.2) is 48.7 Å². The molecule has 1 aliphatic rings. The first-order valence-corrected chi connectivity index (χ1v) is 5.68. The second kappa shape index (κ2) is 4.99. The number of rotatable bonds is 3. The molecule has 1 heterocycles. The average Bonchev–Trinajstić information content (AvgIpc) is 2.74. The first-order chi connectivity index (χ1) is 7.75. The van der Waals surface area contributed by atoms with Crippen LogP contribution in [-0.2, 0) is 0 Å². The predicted molar refractivity (Wildman–Crippen MR) is 68.8 cm³/mol. The summed E-state index contributed by atoms with van der Waals surface area (Å²) in [6.07, 6.45) is 5.22. The fourth-order valence-electron chi connectivity index (χ4n) is 1.91. The average molecular weight is 214 g/mol. The lowest BCUT2D eigenvalue weighted by atomic mass is 10.2. The van der Waals surface area contributed by atoms with Gasteiger partial charge in [-0.25, -0.2) is 0 Å². The van der Waals surface area contributed by atoms with Gasteiger partial charge in [0, 0.05) is 24.8 Å². The Labute approximate surface area is 97.1 Å². The molecule has 2 nitrogen and oxygen atoms in total. The van der Waals surface area contributed by atoms with Crippen LogP contribution < -0.4 is 5.73 Å². The zero-order chi connectivity index (χ0) is 11.4. The van der Waals surface area contributed by atoms with Crippen molar-refractivity contribution in [3.63, 3.8) is 0 Å². The van der Waals surface area contributed by atoms with Gasteiger partial charge in [-0.15, -0.1) is 0 Å². The molecule has 0 aromatic heterocycles. The van der Waals surface area contributed by atoms with Gasteiger partial charge in [0.15, 0.2) is 0 Å². The molecule has 0 saturated carbocycles. The SMILES string of the molecule is C=C(/C=C/c1ccccc1)N1CC[C@@H](N)C1. The molecular weight excluding hydrogens is 196 g/mol. The third-order valence-corrected chi connectivity index (χ3v) is 2.90. The maximum absolute atomic E-state index is 5.86. The second-order valence-electron chi connectivity index (χ2n) is 4.23. The van der Waals surface area contributed by atoms with E-state index in [-0.39, 0.29) is 0 Å². The largest absolute Gasteiger partial charge is 0.370 e. The van der Waals surface area contributed by atoms with E-state index in [1.54, 1.807) is 0 Å². The summed E-state index contributed by atoms with van der Waals surface area (Å²) >= 11 is 0. The molecule has 16 heavy (non-hydrogen) atoms. The molecule has 2 heteroatoms. The Balaban J connectivity index is 1.95. The monoisotopic (exact) mass is 214 g/mol. The van der Waals surface area contributed by atoms with Gasteiger partial charge < -0.3 is 10.6 Å². The van der Waals surface area contributed by atoms with E-state index >= 15 is 0 Å². The van der Waals surface area contributed by atoms with Crippen LogP contribution in [-0.4, -0.2) is 24.0 Å². The summed E-state index contributed by atoms with van der Waals surface area (Å²) in [4.78, 5) is 2.24. The highest BCUT2D eigenvalue weighted by atomic mass is 15.2. The molecule has 0 radical (unpaired) electrons. The highest BCUT2D eigenvalue weighted by Gasteiger charge is 2.18. The zero-order valence-electron chi connectivity index (χ0n) is 9.47. The van der Waals surface area contributed by atoms with Gasteiger partial charge in [-0.3, -0.25) is 0 Å². The lowest BCUT2D eigenvalue weighted by Crippen LogP contribution is -2.25. The molecule has 0 unspecified atom stereocenters. The minimum atomic E-state index is 0.307. The summed E-state index contributed by atoms with van der Waals surface area (Å²) in [7, 11) is 0. The van der Waals surface area contributed by atoms with Crippen molar-refractivity contribution in [2.45, 2.75) is 12.5 Å². The molecule has 1 saturated heterocycles. The third kappa shape index (κ3) is 2.74. The molecule has 0 spiro atoms. The number of nitrogens with zero attached hydrogens (tertiary/aromatic N) is 1. The number of hydrogen-bond donors (Lipinski definition) is 1. The van der Waals surface area contributed by atoms with Gasteiger partial charge in [0.05, 0.1) is 0 Å². The summed E-state index contributed by atoms with van der Waals surface area (Å²) in [5.74, 6) is 0. The van der Waals surface area contributed by atoms with Gasteiger partial charge in [0.2, 0.25) is 0 Å². The number of hydrogen-bond acceptors (Lipinski definition) is 2. The molecule has 2 N–H and O–H groups in total. The Kier molecular flexibility index (Phi) is 3.42. The van der Waals surface area contributed by atoms with E-state index in [0.29, 0.717) is 6.04 Å². The lowest BCUT2D eigenvalue weighted by molar-refractivity contribution is 0.435. The molecule has 1 atom stereocenters. The van der Waals surface area contributed by atoms with Crippen LogP contribution in [0.25, 0.3) is 6.08 Å². The van der Waals surface area contributed by atoms with Crippen LogP contribution in [0.5, 0.6) is 0 Å². The van der Waals surface area contributed by atoms with Gasteiger partial charge in [-0.1, -0.05) is 43.0 Å². The van der Waals surface area contributed by atoms with E-state index in [1.165, 1.54) is 5.56 Å². The van der Waals surface area contributed by atoms with Gasteiger partial charge in [0.25, 0.3) is 0 Å². The standard InChI is InChI=1S/C14H18N2/c1-12(16-10-9-14(15)11-16)7-8-13-5-3-2-4-6-13/h2-8,14H,1,9-11,15H2/b8-7+/t14-/m1/s1. The smallest absolute Gasteiger partial charge is 0.0330 e. The maximum Gasteiger partial charge on any atom is 0.0330 e. The van der Waals surface area contributed by atoms with Gasteiger partial charge in [-0.05, 0) is 18.1 Å².